The topological polar surface area (TPSA) is 27.8 Å². The zero-order valence-corrected chi connectivity index (χ0v) is 10.9. The molecule has 3 rings (SSSR count). The summed E-state index contributed by atoms with van der Waals surface area (Å²) in [6.45, 7) is 2.17. The molecule has 1 saturated heterocycles. The van der Waals surface area contributed by atoms with E-state index in [1.807, 2.05) is 12.1 Å². The van der Waals surface area contributed by atoms with Gasteiger partial charge < -0.3 is 10.3 Å². The SMILES string of the molecule is Clc1cc(Cl)c2c(C3CCNCC3)c[nH]c2c1. The van der Waals surface area contributed by atoms with Crippen molar-refractivity contribution in [3.8, 4) is 0 Å². The van der Waals surface area contributed by atoms with Crippen LogP contribution in [0.25, 0.3) is 10.9 Å². The van der Waals surface area contributed by atoms with Gasteiger partial charge >= 0.3 is 0 Å². The number of hydrogen-bond acceptors (Lipinski definition) is 1. The highest BCUT2D eigenvalue weighted by molar-refractivity contribution is 6.38. The molecule has 4 heteroatoms. The van der Waals surface area contributed by atoms with Gasteiger partial charge in [-0.3, -0.25) is 0 Å². The zero-order chi connectivity index (χ0) is 11.8. The molecule has 0 bridgehead atoms. The molecule has 0 amide bonds. The highest BCUT2D eigenvalue weighted by Crippen LogP contribution is 2.36. The van der Waals surface area contributed by atoms with E-state index in [1.165, 1.54) is 18.4 Å². The lowest BCUT2D eigenvalue weighted by molar-refractivity contribution is 0.462. The summed E-state index contributed by atoms with van der Waals surface area (Å²) in [5.74, 6) is 0.601. The van der Waals surface area contributed by atoms with Crippen molar-refractivity contribution in [2.45, 2.75) is 18.8 Å². The highest BCUT2D eigenvalue weighted by Gasteiger charge is 2.20. The summed E-state index contributed by atoms with van der Waals surface area (Å²) in [7, 11) is 0. The molecule has 2 aromatic rings. The molecule has 0 saturated carbocycles. The smallest absolute Gasteiger partial charge is 0.0517 e. The first-order valence-electron chi connectivity index (χ1n) is 5.92. The standard InChI is InChI=1S/C13H14Cl2N2/c14-9-5-11(15)13-10(7-17-12(13)6-9)8-1-3-16-4-2-8/h5-8,16-17H,1-4H2. The van der Waals surface area contributed by atoms with Crippen LogP contribution in [0, 0.1) is 0 Å². The normalized spacial score (nSPS) is 17.8. The maximum absolute atomic E-state index is 6.31. The lowest BCUT2D eigenvalue weighted by Gasteiger charge is -2.22. The van der Waals surface area contributed by atoms with Gasteiger partial charge in [0, 0.05) is 22.1 Å². The van der Waals surface area contributed by atoms with E-state index in [-0.39, 0.29) is 0 Å². The Hall–Kier alpha value is -0.700. The fourth-order valence-corrected chi connectivity index (χ4v) is 3.27. The largest absolute Gasteiger partial charge is 0.361 e. The number of aromatic amines is 1. The van der Waals surface area contributed by atoms with Crippen molar-refractivity contribution in [2.24, 2.45) is 0 Å². The van der Waals surface area contributed by atoms with Gasteiger partial charge in [-0.25, -0.2) is 0 Å². The number of piperidine rings is 1. The number of hydrogen-bond donors (Lipinski definition) is 2. The van der Waals surface area contributed by atoms with E-state index < -0.39 is 0 Å². The molecule has 1 aromatic carbocycles. The van der Waals surface area contributed by atoms with Crippen LogP contribution in [0.15, 0.2) is 18.3 Å². The van der Waals surface area contributed by atoms with Crippen molar-refractivity contribution in [3.63, 3.8) is 0 Å². The number of halogens is 2. The summed E-state index contributed by atoms with van der Waals surface area (Å²) < 4.78 is 0. The van der Waals surface area contributed by atoms with E-state index in [0.29, 0.717) is 10.9 Å². The summed E-state index contributed by atoms with van der Waals surface area (Å²) in [5.41, 5.74) is 2.37. The van der Waals surface area contributed by atoms with E-state index >= 15 is 0 Å². The first-order valence-corrected chi connectivity index (χ1v) is 6.68. The van der Waals surface area contributed by atoms with Gasteiger partial charge in [-0.05, 0) is 49.5 Å². The molecule has 2 nitrogen and oxygen atoms in total. The minimum atomic E-state index is 0.601. The number of benzene rings is 1. The predicted octanol–water partition coefficient (Wildman–Crippen LogP) is 3.94. The summed E-state index contributed by atoms with van der Waals surface area (Å²) in [6.07, 6.45) is 4.43. The zero-order valence-electron chi connectivity index (χ0n) is 9.39. The van der Waals surface area contributed by atoms with Gasteiger partial charge in [0.25, 0.3) is 0 Å². The molecule has 1 fully saturated rings. The molecule has 0 atom stereocenters. The van der Waals surface area contributed by atoms with Crippen LogP contribution in [-0.4, -0.2) is 18.1 Å². The van der Waals surface area contributed by atoms with Crippen molar-refractivity contribution in [1.29, 1.82) is 0 Å². The van der Waals surface area contributed by atoms with Crippen molar-refractivity contribution in [3.05, 3.63) is 33.9 Å². The molecule has 1 aliphatic rings. The van der Waals surface area contributed by atoms with E-state index in [4.69, 9.17) is 23.2 Å². The Morgan fingerprint density at radius 2 is 1.88 bits per heavy atom. The van der Waals surface area contributed by atoms with Crippen molar-refractivity contribution in [1.82, 2.24) is 10.3 Å². The molecule has 17 heavy (non-hydrogen) atoms. The molecular formula is C13H14Cl2N2. The van der Waals surface area contributed by atoms with Crippen LogP contribution in [0.4, 0.5) is 0 Å². The Balaban J connectivity index is 2.10. The number of fused-ring (bicyclic) bond motifs is 1. The monoisotopic (exact) mass is 268 g/mol. The fourth-order valence-electron chi connectivity index (χ4n) is 2.66. The first-order chi connectivity index (χ1) is 8.25. The van der Waals surface area contributed by atoms with Gasteiger partial charge in [0.2, 0.25) is 0 Å². The van der Waals surface area contributed by atoms with Gasteiger partial charge in [0.1, 0.15) is 0 Å². The van der Waals surface area contributed by atoms with E-state index in [0.717, 1.165) is 29.0 Å². The quantitative estimate of drug-likeness (QED) is 0.806. The maximum Gasteiger partial charge on any atom is 0.0517 e. The number of nitrogens with one attached hydrogen (secondary N) is 2. The summed E-state index contributed by atoms with van der Waals surface area (Å²) in [4.78, 5) is 3.28. The highest BCUT2D eigenvalue weighted by atomic mass is 35.5. The second-order valence-electron chi connectivity index (χ2n) is 4.58. The van der Waals surface area contributed by atoms with Gasteiger partial charge in [-0.2, -0.15) is 0 Å². The van der Waals surface area contributed by atoms with Gasteiger partial charge in [-0.1, -0.05) is 23.2 Å². The summed E-state index contributed by atoms with van der Waals surface area (Å²) >= 11 is 12.3. The van der Waals surface area contributed by atoms with Crippen molar-refractivity contribution >= 4 is 34.1 Å². The molecule has 0 radical (unpaired) electrons. The number of rotatable bonds is 1. The Morgan fingerprint density at radius 3 is 2.65 bits per heavy atom. The Morgan fingerprint density at radius 1 is 1.12 bits per heavy atom. The van der Waals surface area contributed by atoms with Crippen LogP contribution < -0.4 is 5.32 Å². The van der Waals surface area contributed by atoms with Crippen LogP contribution >= 0.6 is 23.2 Å². The Bertz CT molecular complexity index is 542. The van der Waals surface area contributed by atoms with E-state index in [9.17, 15) is 0 Å². The Kier molecular flexibility index (Phi) is 3.03. The van der Waals surface area contributed by atoms with Crippen LogP contribution in [0.5, 0.6) is 0 Å². The fraction of sp³-hybridized carbons (Fsp3) is 0.385. The summed E-state index contributed by atoms with van der Waals surface area (Å²) in [5, 5.41) is 5.96. The maximum atomic E-state index is 6.31. The van der Waals surface area contributed by atoms with Gasteiger partial charge in [0.05, 0.1) is 5.02 Å². The molecule has 2 N–H and O–H groups in total. The second-order valence-corrected chi connectivity index (χ2v) is 5.42. The average Bonchev–Trinajstić information content (AvgIpc) is 2.74. The van der Waals surface area contributed by atoms with E-state index in [2.05, 4.69) is 16.5 Å². The second kappa shape index (κ2) is 4.52. The predicted molar refractivity (Wildman–Crippen MR) is 73.2 cm³/mol. The average molecular weight is 269 g/mol. The summed E-state index contributed by atoms with van der Waals surface area (Å²) in [6, 6.07) is 3.76. The van der Waals surface area contributed by atoms with Crippen LogP contribution in [0.1, 0.15) is 24.3 Å². The van der Waals surface area contributed by atoms with Crippen LogP contribution in [-0.2, 0) is 0 Å². The van der Waals surface area contributed by atoms with Crippen LogP contribution in [0.2, 0.25) is 10.0 Å². The first kappa shape index (κ1) is 11.4. The molecule has 0 unspecified atom stereocenters. The number of H-pyrrole nitrogens is 1. The van der Waals surface area contributed by atoms with Crippen molar-refractivity contribution < 1.29 is 0 Å². The molecule has 1 aliphatic heterocycles. The molecular weight excluding hydrogens is 255 g/mol. The minimum Gasteiger partial charge on any atom is -0.361 e. The Labute approximate surface area is 110 Å². The van der Waals surface area contributed by atoms with Gasteiger partial charge in [0.15, 0.2) is 0 Å². The van der Waals surface area contributed by atoms with Crippen molar-refractivity contribution in [2.75, 3.05) is 13.1 Å². The number of aromatic nitrogens is 1. The molecule has 2 heterocycles. The lowest BCUT2D eigenvalue weighted by Crippen LogP contribution is -2.26. The molecule has 0 spiro atoms. The third kappa shape index (κ3) is 2.05. The van der Waals surface area contributed by atoms with Crippen LogP contribution in [0.3, 0.4) is 0 Å². The lowest BCUT2D eigenvalue weighted by atomic mass is 9.90. The third-order valence-electron chi connectivity index (χ3n) is 3.51. The minimum absolute atomic E-state index is 0.601. The third-order valence-corrected chi connectivity index (χ3v) is 4.02. The van der Waals surface area contributed by atoms with E-state index in [1.54, 1.807) is 0 Å². The molecule has 0 aliphatic carbocycles. The van der Waals surface area contributed by atoms with Gasteiger partial charge in [-0.15, -0.1) is 0 Å². The molecule has 1 aromatic heterocycles. The molecule has 90 valence electrons.